The van der Waals surface area contributed by atoms with E-state index in [1.165, 1.54) is 11.1 Å². The van der Waals surface area contributed by atoms with Gasteiger partial charge in [-0.15, -0.1) is 0 Å². The molecule has 1 aliphatic rings. The van der Waals surface area contributed by atoms with Crippen LogP contribution in [-0.4, -0.2) is 51.3 Å². The largest absolute Gasteiger partial charge is 0.497 e. The maximum absolute atomic E-state index is 12.9. The Balaban J connectivity index is 1.90. The smallest absolute Gasteiger partial charge is 0.251 e. The van der Waals surface area contributed by atoms with Crippen LogP contribution >= 0.6 is 0 Å². The molecule has 0 aliphatic carbocycles. The number of fused-ring (bicyclic) bond motifs is 1. The van der Waals surface area contributed by atoms with E-state index in [1.807, 2.05) is 12.1 Å². The number of nitrogens with zero attached hydrogens (tertiary/aromatic N) is 1. The van der Waals surface area contributed by atoms with Crippen molar-refractivity contribution in [3.05, 3.63) is 53.1 Å². The van der Waals surface area contributed by atoms with Crippen molar-refractivity contribution in [3.63, 3.8) is 0 Å². The van der Waals surface area contributed by atoms with E-state index in [9.17, 15) is 4.79 Å². The molecule has 156 valence electrons. The predicted octanol–water partition coefficient (Wildman–Crippen LogP) is 3.45. The molecule has 0 saturated heterocycles. The first-order chi connectivity index (χ1) is 14.0. The molecule has 2 aromatic rings. The van der Waals surface area contributed by atoms with Crippen LogP contribution in [0.1, 0.15) is 41.4 Å². The van der Waals surface area contributed by atoms with Gasteiger partial charge in [-0.2, -0.15) is 0 Å². The van der Waals surface area contributed by atoms with Gasteiger partial charge in [0, 0.05) is 18.2 Å². The first-order valence-electron chi connectivity index (χ1n) is 9.96. The van der Waals surface area contributed by atoms with Crippen LogP contribution in [0.25, 0.3) is 0 Å². The highest BCUT2D eigenvalue weighted by Gasteiger charge is 2.33. The fourth-order valence-corrected chi connectivity index (χ4v) is 4.10. The highest BCUT2D eigenvalue weighted by molar-refractivity contribution is 5.94. The van der Waals surface area contributed by atoms with Crippen LogP contribution in [0.2, 0.25) is 0 Å². The zero-order chi connectivity index (χ0) is 21.0. The van der Waals surface area contributed by atoms with Crippen LogP contribution in [0, 0.1) is 0 Å². The maximum atomic E-state index is 12.9. The van der Waals surface area contributed by atoms with Gasteiger partial charge < -0.3 is 19.5 Å². The van der Waals surface area contributed by atoms with Gasteiger partial charge in [-0.3, -0.25) is 9.69 Å². The Bertz CT molecular complexity index is 868. The van der Waals surface area contributed by atoms with Gasteiger partial charge in [-0.1, -0.05) is 13.0 Å². The zero-order valence-electron chi connectivity index (χ0n) is 17.8. The van der Waals surface area contributed by atoms with Crippen molar-refractivity contribution in [2.24, 2.45) is 0 Å². The van der Waals surface area contributed by atoms with E-state index < -0.39 is 0 Å². The van der Waals surface area contributed by atoms with Crippen LogP contribution in [0.4, 0.5) is 0 Å². The Morgan fingerprint density at radius 2 is 1.86 bits per heavy atom. The minimum absolute atomic E-state index is 0.0538. The Kier molecular flexibility index (Phi) is 6.64. The number of rotatable bonds is 7. The number of hydrogen-bond acceptors (Lipinski definition) is 5. The van der Waals surface area contributed by atoms with E-state index in [0.717, 1.165) is 25.3 Å². The average Bonchev–Trinajstić information content (AvgIpc) is 2.76. The third-order valence-corrected chi connectivity index (χ3v) is 5.60. The molecule has 1 amide bonds. The van der Waals surface area contributed by atoms with Crippen molar-refractivity contribution in [1.29, 1.82) is 0 Å². The van der Waals surface area contributed by atoms with Crippen LogP contribution in [0.5, 0.6) is 17.2 Å². The number of hydrogen-bond donors (Lipinski definition) is 1. The molecule has 0 spiro atoms. The number of amides is 1. The van der Waals surface area contributed by atoms with Gasteiger partial charge in [-0.05, 0) is 61.3 Å². The Labute approximate surface area is 172 Å². The molecule has 2 aromatic carbocycles. The second-order valence-corrected chi connectivity index (χ2v) is 7.22. The van der Waals surface area contributed by atoms with Crippen molar-refractivity contribution < 1.29 is 19.0 Å². The maximum Gasteiger partial charge on any atom is 0.251 e. The lowest BCUT2D eigenvalue weighted by atomic mass is 9.88. The molecule has 1 N–H and O–H groups in total. The van der Waals surface area contributed by atoms with Crippen molar-refractivity contribution in [1.82, 2.24) is 10.2 Å². The van der Waals surface area contributed by atoms with E-state index in [4.69, 9.17) is 14.2 Å². The van der Waals surface area contributed by atoms with Crippen molar-refractivity contribution in [2.75, 3.05) is 34.4 Å². The molecular weight excluding hydrogens is 368 g/mol. The van der Waals surface area contributed by atoms with Gasteiger partial charge in [0.2, 0.25) is 0 Å². The van der Waals surface area contributed by atoms with E-state index in [2.05, 4.69) is 36.2 Å². The summed E-state index contributed by atoms with van der Waals surface area (Å²) in [6.07, 6.45) is 0.941. The predicted molar refractivity (Wildman–Crippen MR) is 113 cm³/mol. The summed E-state index contributed by atoms with van der Waals surface area (Å²) in [5, 5.41) is 3.18. The van der Waals surface area contributed by atoms with Crippen molar-refractivity contribution >= 4 is 5.91 Å². The second-order valence-electron chi connectivity index (χ2n) is 7.22. The van der Waals surface area contributed by atoms with Gasteiger partial charge in [0.05, 0.1) is 27.4 Å². The fourth-order valence-electron chi connectivity index (χ4n) is 4.10. The van der Waals surface area contributed by atoms with Crippen molar-refractivity contribution in [2.45, 2.75) is 32.4 Å². The SMILES string of the molecule is CCN1CCc2cc(OC)c(OC)cc2[C@@H]1[C@@H](C)NC(=O)c1cccc(OC)c1. The summed E-state index contributed by atoms with van der Waals surface area (Å²) in [7, 11) is 4.90. The van der Waals surface area contributed by atoms with Crippen molar-refractivity contribution in [3.8, 4) is 17.2 Å². The molecule has 0 fully saturated rings. The van der Waals surface area contributed by atoms with E-state index in [0.29, 0.717) is 17.1 Å². The van der Waals surface area contributed by atoms with E-state index in [-0.39, 0.29) is 18.0 Å². The number of carbonyl (C=O) groups is 1. The molecule has 0 bridgehead atoms. The number of methoxy groups -OCH3 is 3. The summed E-state index contributed by atoms with van der Waals surface area (Å²) < 4.78 is 16.2. The minimum atomic E-state index is -0.111. The van der Waals surface area contributed by atoms with E-state index in [1.54, 1.807) is 33.5 Å². The fraction of sp³-hybridized carbons (Fsp3) is 0.435. The van der Waals surface area contributed by atoms with Gasteiger partial charge >= 0.3 is 0 Å². The molecule has 3 rings (SSSR count). The topological polar surface area (TPSA) is 60.0 Å². The summed E-state index contributed by atoms with van der Waals surface area (Å²) in [6.45, 7) is 6.04. The molecule has 0 radical (unpaired) electrons. The highest BCUT2D eigenvalue weighted by Crippen LogP contribution is 2.39. The number of likely N-dealkylation sites (N-methyl/N-ethyl adjacent to an activating group) is 1. The normalized spacial score (nSPS) is 17.2. The number of nitrogens with one attached hydrogen (secondary N) is 1. The van der Waals surface area contributed by atoms with Crippen LogP contribution in [0.3, 0.4) is 0 Å². The summed E-state index contributed by atoms with van der Waals surface area (Å²) in [5.74, 6) is 2.00. The van der Waals surface area contributed by atoms with Gasteiger partial charge in [-0.25, -0.2) is 0 Å². The molecule has 0 aromatic heterocycles. The third-order valence-electron chi connectivity index (χ3n) is 5.60. The summed E-state index contributed by atoms with van der Waals surface area (Å²) in [6, 6.07) is 11.3. The van der Waals surface area contributed by atoms with Gasteiger partial charge in [0.15, 0.2) is 11.5 Å². The first-order valence-corrected chi connectivity index (χ1v) is 9.96. The standard InChI is InChI=1S/C23H30N2O4/c1-6-25-11-10-16-13-20(28-4)21(29-5)14-19(16)22(25)15(2)24-23(26)17-8-7-9-18(12-17)27-3/h7-9,12-15,22H,6,10-11H2,1-5H3,(H,24,26)/t15-,22+/m1/s1. The Hall–Kier alpha value is -2.73. The molecule has 0 saturated carbocycles. The van der Waals surface area contributed by atoms with Crippen LogP contribution in [-0.2, 0) is 6.42 Å². The van der Waals surface area contributed by atoms with Gasteiger partial charge in [0.25, 0.3) is 5.91 Å². The molecule has 2 atom stereocenters. The number of ether oxygens (including phenoxy) is 3. The van der Waals surface area contributed by atoms with Gasteiger partial charge in [0.1, 0.15) is 5.75 Å². The molecule has 6 heteroatoms. The molecule has 1 aliphatic heterocycles. The molecular formula is C23H30N2O4. The monoisotopic (exact) mass is 398 g/mol. The number of benzene rings is 2. The lowest BCUT2D eigenvalue weighted by Crippen LogP contribution is -2.47. The third kappa shape index (κ3) is 4.32. The quantitative estimate of drug-likeness (QED) is 0.774. The summed E-state index contributed by atoms with van der Waals surface area (Å²) in [5.41, 5.74) is 3.00. The Morgan fingerprint density at radius 3 is 2.52 bits per heavy atom. The first kappa shape index (κ1) is 21.0. The number of carbonyl (C=O) groups excluding carboxylic acids is 1. The summed E-state index contributed by atoms with van der Waals surface area (Å²) >= 11 is 0. The second kappa shape index (κ2) is 9.18. The molecule has 29 heavy (non-hydrogen) atoms. The molecule has 0 unspecified atom stereocenters. The van der Waals surface area contributed by atoms with Crippen LogP contribution < -0.4 is 19.5 Å². The molecule has 6 nitrogen and oxygen atoms in total. The highest BCUT2D eigenvalue weighted by atomic mass is 16.5. The lowest BCUT2D eigenvalue weighted by molar-refractivity contribution is 0.0889. The zero-order valence-corrected chi connectivity index (χ0v) is 17.8. The average molecular weight is 399 g/mol. The summed E-state index contributed by atoms with van der Waals surface area (Å²) in [4.78, 5) is 15.3. The van der Waals surface area contributed by atoms with Crippen LogP contribution in [0.15, 0.2) is 36.4 Å². The lowest BCUT2D eigenvalue weighted by Gasteiger charge is -2.40. The van der Waals surface area contributed by atoms with E-state index >= 15 is 0 Å². The Morgan fingerprint density at radius 1 is 1.14 bits per heavy atom. The molecule has 1 heterocycles. The minimum Gasteiger partial charge on any atom is -0.497 e.